The summed E-state index contributed by atoms with van der Waals surface area (Å²) >= 11 is 0. The van der Waals surface area contributed by atoms with Crippen LogP contribution in [0.5, 0.6) is 23.0 Å². The van der Waals surface area contributed by atoms with Crippen LogP contribution in [0, 0.1) is 47.3 Å². The fraction of sp³-hybridized carbons (Fsp3) is 0.425. The second-order valence-electron chi connectivity index (χ2n) is 28.4. The Kier molecular flexibility index (Phi) is 16.6. The molecule has 20 unspecified atom stereocenters. The lowest BCUT2D eigenvalue weighted by Crippen LogP contribution is -2.61. The summed E-state index contributed by atoms with van der Waals surface area (Å²) in [5.41, 5.74) is 9.63. The van der Waals surface area contributed by atoms with Gasteiger partial charge in [-0.1, -0.05) is 182 Å². The Morgan fingerprint density at radius 1 is 0.261 bits per heavy atom. The van der Waals surface area contributed by atoms with Gasteiger partial charge in [0.2, 0.25) is 0 Å². The molecule has 0 spiro atoms. The molecule has 12 nitrogen and oxygen atoms in total. The molecule has 0 aromatic heterocycles. The number of hydrogen-bond donors (Lipinski definition) is 8. The minimum absolute atomic E-state index is 0.0532. The molecule has 92 heavy (non-hydrogen) atoms. The average Bonchev–Trinajstić information content (AvgIpc) is 1.67. The fourth-order valence-electron chi connectivity index (χ4n) is 18.9. The van der Waals surface area contributed by atoms with E-state index in [2.05, 4.69) is 249 Å². The molecule has 4 saturated carbocycles. The standard InChI is InChI=1S/C80H90N8O4/c1-5-21-49(22-6-1)57-29-13-17-33-69(57)89-53-37-41-61-65(45-53)77-81-73(61)86-78-67-47-55(91-71-35-19-15-31-59(71)51-25-9-3-10-26-51)39-43-63(67)75(83-78)88-80-68-48-56(92-72-36-20-16-32-60(72)52-27-11-4-12-28-52)40-44-64(68)76(84-80)87-79-66-46-54(38-42-62(66)74(82-79)85-77)90-70-34-18-14-30-58(70)50-23-7-2-8-24-50/h1-11,13-27,29-36,53-56,61-68,73-88H,12,28,37-48H2. The highest BCUT2D eigenvalue weighted by molar-refractivity contribution is 5.74. The molecule has 9 fully saturated rings. The van der Waals surface area contributed by atoms with Crippen LogP contribution in [0.25, 0.3) is 39.0 Å². The summed E-state index contributed by atoms with van der Waals surface area (Å²) < 4.78 is 29.0. The van der Waals surface area contributed by atoms with E-state index in [0.717, 1.165) is 130 Å². The highest BCUT2D eigenvalue weighted by atomic mass is 16.5. The third-order valence-electron chi connectivity index (χ3n) is 23.3. The van der Waals surface area contributed by atoms with E-state index in [-0.39, 0.29) is 73.7 Å². The monoisotopic (exact) mass is 1230 g/mol. The second kappa shape index (κ2) is 26.0. The van der Waals surface area contributed by atoms with Gasteiger partial charge in [0.1, 0.15) is 23.0 Å². The lowest BCUT2D eigenvalue weighted by atomic mass is 9.75. The number of hydrogen-bond acceptors (Lipinski definition) is 12. The molecular weight excluding hydrogens is 1140 g/mol. The molecule has 10 aliphatic rings. The predicted molar refractivity (Wildman–Crippen MR) is 365 cm³/mol. The lowest BCUT2D eigenvalue weighted by Gasteiger charge is -2.39. The van der Waals surface area contributed by atoms with Crippen molar-refractivity contribution in [1.29, 1.82) is 0 Å². The summed E-state index contributed by atoms with van der Waals surface area (Å²) in [6, 6.07) is 67.0. The van der Waals surface area contributed by atoms with E-state index in [1.54, 1.807) is 0 Å². The van der Waals surface area contributed by atoms with E-state index in [1.807, 2.05) is 0 Å². The molecule has 8 bridgehead atoms. The van der Waals surface area contributed by atoms with E-state index in [9.17, 15) is 0 Å². The van der Waals surface area contributed by atoms with Crippen molar-refractivity contribution in [3.63, 3.8) is 0 Å². The average molecular weight is 1230 g/mol. The van der Waals surface area contributed by atoms with Crippen molar-refractivity contribution in [3.05, 3.63) is 212 Å². The molecule has 20 atom stereocenters. The molecule has 474 valence electrons. The summed E-state index contributed by atoms with van der Waals surface area (Å²) in [5.74, 6) is 6.84. The summed E-state index contributed by atoms with van der Waals surface area (Å²) in [6.07, 6.45) is 21.9. The molecule has 8 N–H and O–H groups in total. The van der Waals surface area contributed by atoms with E-state index in [1.165, 1.54) is 27.8 Å². The number of ether oxygens (including phenoxy) is 4. The van der Waals surface area contributed by atoms with Gasteiger partial charge in [-0.2, -0.15) is 0 Å². The Labute approximate surface area is 543 Å². The van der Waals surface area contributed by atoms with Gasteiger partial charge in [-0.05, 0) is 184 Å². The van der Waals surface area contributed by atoms with Gasteiger partial charge in [-0.15, -0.1) is 0 Å². The molecule has 0 radical (unpaired) electrons. The van der Waals surface area contributed by atoms with Gasteiger partial charge in [0.25, 0.3) is 0 Å². The summed E-state index contributed by atoms with van der Waals surface area (Å²) in [4.78, 5) is 0. The zero-order chi connectivity index (χ0) is 60.9. The lowest BCUT2D eigenvalue weighted by molar-refractivity contribution is 0.0627. The smallest absolute Gasteiger partial charge is 0.127 e. The van der Waals surface area contributed by atoms with E-state index in [0.29, 0.717) is 47.3 Å². The van der Waals surface area contributed by atoms with Gasteiger partial charge < -0.3 is 18.9 Å². The molecule has 0 amide bonds. The Bertz CT molecular complexity index is 3650. The Balaban J connectivity index is 0.699. The topological polar surface area (TPSA) is 133 Å². The SMILES string of the molecule is C1=CCCC(c2ccccc2OC2CCC3C4NC(NC5NC(NC6NC(NC7NC(N4)C4CC(Oc8ccccc8-c8ccccc8)CCC74)C4CC(Oc7ccccc7-c7ccccc7)CCC64)C4CC(Oc6ccccc6-c6ccccc6)CCC54)C3C2)=C1. The zero-order valence-corrected chi connectivity index (χ0v) is 52.7. The van der Waals surface area contributed by atoms with Crippen molar-refractivity contribution in [2.24, 2.45) is 47.3 Å². The van der Waals surface area contributed by atoms with Gasteiger partial charge >= 0.3 is 0 Å². The van der Waals surface area contributed by atoms with Gasteiger partial charge in [0.15, 0.2) is 0 Å². The number of rotatable bonds is 12. The quantitative estimate of drug-likeness (QED) is 0.0592. The molecule has 17 rings (SSSR count). The van der Waals surface area contributed by atoms with Crippen LogP contribution in [0.4, 0.5) is 0 Å². The number of fused-ring (bicyclic) bond motifs is 20. The van der Waals surface area contributed by atoms with Gasteiger partial charge in [-0.25, -0.2) is 0 Å². The summed E-state index contributed by atoms with van der Waals surface area (Å²) in [7, 11) is 0. The molecule has 7 aromatic carbocycles. The third kappa shape index (κ3) is 11.8. The third-order valence-corrected chi connectivity index (χ3v) is 23.3. The van der Waals surface area contributed by atoms with Crippen molar-refractivity contribution in [3.8, 4) is 56.4 Å². The van der Waals surface area contributed by atoms with E-state index in [4.69, 9.17) is 18.9 Å². The van der Waals surface area contributed by atoms with Gasteiger partial charge in [0, 0.05) is 22.3 Å². The number of nitrogens with one attached hydrogen (secondary N) is 8. The maximum absolute atomic E-state index is 7.27. The van der Waals surface area contributed by atoms with Crippen LogP contribution < -0.4 is 61.5 Å². The Hall–Kier alpha value is -7.10. The van der Waals surface area contributed by atoms with Crippen LogP contribution in [0.3, 0.4) is 0 Å². The van der Waals surface area contributed by atoms with Crippen molar-refractivity contribution in [2.75, 3.05) is 0 Å². The van der Waals surface area contributed by atoms with E-state index < -0.39 is 0 Å². The molecule has 12 heteroatoms. The highest BCUT2D eigenvalue weighted by Gasteiger charge is 2.57. The number of allylic oxidation sites excluding steroid dienone is 4. The molecule has 5 aliphatic heterocycles. The minimum Gasteiger partial charge on any atom is -0.490 e. The molecule has 7 aromatic rings. The molecule has 5 saturated heterocycles. The van der Waals surface area contributed by atoms with Gasteiger partial charge in [-0.3, -0.25) is 42.5 Å². The summed E-state index contributed by atoms with van der Waals surface area (Å²) in [6.45, 7) is 0. The van der Waals surface area contributed by atoms with Crippen molar-refractivity contribution >= 4 is 5.57 Å². The van der Waals surface area contributed by atoms with Crippen molar-refractivity contribution in [2.45, 2.75) is 164 Å². The highest BCUT2D eigenvalue weighted by Crippen LogP contribution is 2.49. The van der Waals surface area contributed by atoms with Crippen molar-refractivity contribution < 1.29 is 18.9 Å². The second-order valence-corrected chi connectivity index (χ2v) is 28.4. The fourth-order valence-corrected chi connectivity index (χ4v) is 18.9. The van der Waals surface area contributed by atoms with Crippen LogP contribution in [0.15, 0.2) is 206 Å². The van der Waals surface area contributed by atoms with Gasteiger partial charge in [0.05, 0.1) is 73.7 Å². The first-order valence-corrected chi connectivity index (χ1v) is 35.2. The van der Waals surface area contributed by atoms with Crippen LogP contribution in [0.1, 0.15) is 95.5 Å². The maximum atomic E-state index is 7.27. The molecular formula is C80H90N8O4. The summed E-state index contributed by atoms with van der Waals surface area (Å²) in [5, 5.41) is 35.3. The van der Waals surface area contributed by atoms with Crippen LogP contribution >= 0.6 is 0 Å². The first kappa shape index (κ1) is 58.7. The molecule has 5 aliphatic carbocycles. The number of benzene rings is 7. The van der Waals surface area contributed by atoms with Crippen LogP contribution in [-0.2, 0) is 0 Å². The molecule has 5 heterocycles. The first-order valence-electron chi connectivity index (χ1n) is 35.2. The number of para-hydroxylation sites is 4. The normalized spacial score (nSPS) is 35.3. The van der Waals surface area contributed by atoms with Crippen molar-refractivity contribution in [1.82, 2.24) is 42.5 Å². The van der Waals surface area contributed by atoms with Crippen LogP contribution in [0.2, 0.25) is 0 Å². The zero-order valence-electron chi connectivity index (χ0n) is 52.7. The van der Waals surface area contributed by atoms with Crippen LogP contribution in [-0.4, -0.2) is 73.7 Å². The first-order chi connectivity index (χ1) is 45.5. The Morgan fingerprint density at radius 3 is 0.815 bits per heavy atom. The van der Waals surface area contributed by atoms with E-state index >= 15 is 0 Å². The largest absolute Gasteiger partial charge is 0.490 e. The Morgan fingerprint density at radius 2 is 0.522 bits per heavy atom. The maximum Gasteiger partial charge on any atom is 0.127 e. The minimum atomic E-state index is 0.0532. The predicted octanol–water partition coefficient (Wildman–Crippen LogP) is 13.6.